The summed E-state index contributed by atoms with van der Waals surface area (Å²) in [5, 5.41) is 6.80. The SMILES string of the molecule is CCCCC(Cc1cn[nH]c1I)OC=O. The van der Waals surface area contributed by atoms with Crippen molar-refractivity contribution in [2.24, 2.45) is 0 Å². The number of halogens is 1. The van der Waals surface area contributed by atoms with E-state index in [-0.39, 0.29) is 6.10 Å². The summed E-state index contributed by atoms with van der Waals surface area (Å²) in [6, 6.07) is 0. The molecule has 1 rings (SSSR count). The van der Waals surface area contributed by atoms with Crippen LogP contribution in [0.5, 0.6) is 0 Å². The van der Waals surface area contributed by atoms with Gasteiger partial charge in [0.1, 0.15) is 6.10 Å². The molecule has 0 saturated carbocycles. The molecule has 0 saturated heterocycles. The van der Waals surface area contributed by atoms with Crippen molar-refractivity contribution in [3.05, 3.63) is 15.5 Å². The Hall–Kier alpha value is -0.590. The molecule has 1 heterocycles. The van der Waals surface area contributed by atoms with Crippen LogP contribution in [0.3, 0.4) is 0 Å². The van der Waals surface area contributed by atoms with E-state index in [4.69, 9.17) is 4.74 Å². The Morgan fingerprint density at radius 2 is 2.53 bits per heavy atom. The number of carbonyl (C=O) groups is 1. The van der Waals surface area contributed by atoms with Crippen LogP contribution in [0, 0.1) is 3.70 Å². The number of nitrogens with one attached hydrogen (secondary N) is 1. The number of carbonyl (C=O) groups excluding carboxylic acids is 1. The van der Waals surface area contributed by atoms with Gasteiger partial charge < -0.3 is 4.74 Å². The van der Waals surface area contributed by atoms with Gasteiger partial charge in [0, 0.05) is 12.0 Å². The Kier molecular flexibility index (Phi) is 5.67. The Morgan fingerprint density at radius 3 is 3.07 bits per heavy atom. The Balaban J connectivity index is 2.50. The van der Waals surface area contributed by atoms with Crippen molar-refractivity contribution in [2.75, 3.05) is 0 Å². The molecule has 0 spiro atoms. The van der Waals surface area contributed by atoms with E-state index in [2.05, 4.69) is 39.7 Å². The largest absolute Gasteiger partial charge is 0.464 e. The number of unbranched alkanes of at least 4 members (excludes halogenated alkanes) is 1. The predicted molar refractivity (Wildman–Crippen MR) is 65.5 cm³/mol. The highest BCUT2D eigenvalue weighted by Crippen LogP contribution is 2.15. The molecule has 0 radical (unpaired) electrons. The molecule has 0 amide bonds. The van der Waals surface area contributed by atoms with Gasteiger partial charge in [-0.05, 0) is 29.0 Å². The van der Waals surface area contributed by atoms with Gasteiger partial charge in [0.05, 0.1) is 9.90 Å². The van der Waals surface area contributed by atoms with Crippen molar-refractivity contribution in [2.45, 2.75) is 38.7 Å². The summed E-state index contributed by atoms with van der Waals surface area (Å²) in [5.74, 6) is 0. The first-order chi connectivity index (χ1) is 7.27. The van der Waals surface area contributed by atoms with E-state index in [9.17, 15) is 4.79 Å². The van der Waals surface area contributed by atoms with Crippen LogP contribution in [0.25, 0.3) is 0 Å². The van der Waals surface area contributed by atoms with Crippen LogP contribution >= 0.6 is 22.6 Å². The Bertz CT molecular complexity index is 301. The molecule has 1 aromatic heterocycles. The molecule has 84 valence electrons. The lowest BCUT2D eigenvalue weighted by atomic mass is 10.1. The first-order valence-electron chi connectivity index (χ1n) is 5.04. The van der Waals surface area contributed by atoms with E-state index < -0.39 is 0 Å². The lowest BCUT2D eigenvalue weighted by Crippen LogP contribution is -2.15. The fraction of sp³-hybridized carbons (Fsp3) is 0.600. The third-order valence-electron chi connectivity index (χ3n) is 2.24. The zero-order valence-corrected chi connectivity index (χ0v) is 10.9. The number of nitrogens with zero attached hydrogens (tertiary/aromatic N) is 1. The molecule has 0 fully saturated rings. The van der Waals surface area contributed by atoms with Gasteiger partial charge in [-0.25, -0.2) is 0 Å². The summed E-state index contributed by atoms with van der Waals surface area (Å²) in [7, 11) is 0. The summed E-state index contributed by atoms with van der Waals surface area (Å²) >= 11 is 2.19. The van der Waals surface area contributed by atoms with Gasteiger partial charge in [0.15, 0.2) is 0 Å². The van der Waals surface area contributed by atoms with Crippen molar-refractivity contribution in [1.29, 1.82) is 0 Å². The monoisotopic (exact) mass is 322 g/mol. The number of aromatic amines is 1. The molecular weight excluding hydrogens is 307 g/mol. The van der Waals surface area contributed by atoms with Crippen molar-refractivity contribution < 1.29 is 9.53 Å². The molecular formula is C10H15IN2O2. The topological polar surface area (TPSA) is 55.0 Å². The zero-order valence-electron chi connectivity index (χ0n) is 8.70. The second-order valence-corrected chi connectivity index (χ2v) is 4.49. The average molecular weight is 322 g/mol. The number of H-pyrrole nitrogens is 1. The molecule has 0 aliphatic heterocycles. The maximum atomic E-state index is 10.3. The highest BCUT2D eigenvalue weighted by Gasteiger charge is 2.12. The Labute approximate surface area is 103 Å². The number of aromatic nitrogens is 2. The van der Waals surface area contributed by atoms with E-state index in [1.807, 2.05) is 0 Å². The lowest BCUT2D eigenvalue weighted by molar-refractivity contribution is -0.133. The van der Waals surface area contributed by atoms with Gasteiger partial charge in [-0.3, -0.25) is 9.89 Å². The third-order valence-corrected chi connectivity index (χ3v) is 3.17. The summed E-state index contributed by atoms with van der Waals surface area (Å²) < 4.78 is 6.06. The van der Waals surface area contributed by atoms with Crippen LogP contribution < -0.4 is 0 Å². The molecule has 5 heteroatoms. The van der Waals surface area contributed by atoms with E-state index >= 15 is 0 Å². The molecule has 1 atom stereocenters. The average Bonchev–Trinajstić information content (AvgIpc) is 2.61. The molecule has 4 nitrogen and oxygen atoms in total. The van der Waals surface area contributed by atoms with E-state index in [1.54, 1.807) is 6.20 Å². The number of hydrogen-bond acceptors (Lipinski definition) is 3. The summed E-state index contributed by atoms with van der Waals surface area (Å²) in [6.45, 7) is 2.66. The third kappa shape index (κ3) is 4.19. The van der Waals surface area contributed by atoms with Crippen LogP contribution in [0.4, 0.5) is 0 Å². The lowest BCUT2D eigenvalue weighted by Gasteiger charge is -2.13. The quantitative estimate of drug-likeness (QED) is 0.619. The van der Waals surface area contributed by atoms with Crippen LogP contribution in [-0.2, 0) is 16.0 Å². The minimum absolute atomic E-state index is 0.0198. The van der Waals surface area contributed by atoms with Crippen LogP contribution in [-0.4, -0.2) is 22.8 Å². The van der Waals surface area contributed by atoms with E-state index in [0.717, 1.165) is 34.9 Å². The normalized spacial score (nSPS) is 12.4. The summed E-state index contributed by atoms with van der Waals surface area (Å²) in [6.07, 6.45) is 5.61. The molecule has 1 unspecified atom stereocenters. The van der Waals surface area contributed by atoms with Crippen molar-refractivity contribution in [3.63, 3.8) is 0 Å². The van der Waals surface area contributed by atoms with E-state index in [0.29, 0.717) is 6.47 Å². The molecule has 0 bridgehead atoms. The number of ether oxygens (including phenoxy) is 1. The maximum absolute atomic E-state index is 10.3. The van der Waals surface area contributed by atoms with E-state index in [1.165, 1.54) is 0 Å². The maximum Gasteiger partial charge on any atom is 0.293 e. The van der Waals surface area contributed by atoms with Crippen molar-refractivity contribution >= 4 is 29.1 Å². The highest BCUT2D eigenvalue weighted by atomic mass is 127. The predicted octanol–water partition coefficient (Wildman–Crippen LogP) is 2.29. The molecule has 0 aromatic carbocycles. The smallest absolute Gasteiger partial charge is 0.293 e. The first-order valence-corrected chi connectivity index (χ1v) is 6.12. The van der Waals surface area contributed by atoms with Gasteiger partial charge in [-0.2, -0.15) is 5.10 Å². The van der Waals surface area contributed by atoms with Crippen molar-refractivity contribution in [3.8, 4) is 0 Å². The number of hydrogen-bond donors (Lipinski definition) is 1. The molecule has 15 heavy (non-hydrogen) atoms. The van der Waals surface area contributed by atoms with Crippen LogP contribution in [0.1, 0.15) is 31.7 Å². The van der Waals surface area contributed by atoms with Gasteiger partial charge in [-0.1, -0.05) is 19.8 Å². The van der Waals surface area contributed by atoms with Gasteiger partial charge in [0.2, 0.25) is 0 Å². The van der Waals surface area contributed by atoms with Gasteiger partial charge in [-0.15, -0.1) is 0 Å². The second kappa shape index (κ2) is 6.81. The highest BCUT2D eigenvalue weighted by molar-refractivity contribution is 14.1. The first kappa shape index (κ1) is 12.5. The Morgan fingerprint density at radius 1 is 1.73 bits per heavy atom. The zero-order chi connectivity index (χ0) is 11.1. The fourth-order valence-corrected chi connectivity index (χ4v) is 1.91. The standard InChI is InChI=1S/C10H15IN2O2/c1-2-3-4-9(15-7-14)5-8-6-12-13-10(8)11/h6-7,9H,2-5H2,1H3,(H,12,13). The van der Waals surface area contributed by atoms with Gasteiger partial charge in [0.25, 0.3) is 6.47 Å². The van der Waals surface area contributed by atoms with Crippen molar-refractivity contribution in [1.82, 2.24) is 10.2 Å². The molecule has 0 aliphatic carbocycles. The number of rotatable bonds is 7. The minimum atomic E-state index is -0.0198. The molecule has 1 aromatic rings. The summed E-state index contributed by atoms with van der Waals surface area (Å²) in [4.78, 5) is 10.3. The molecule has 1 N–H and O–H groups in total. The van der Waals surface area contributed by atoms with Crippen LogP contribution in [0.15, 0.2) is 6.20 Å². The van der Waals surface area contributed by atoms with Crippen LogP contribution in [0.2, 0.25) is 0 Å². The second-order valence-electron chi connectivity index (χ2n) is 3.41. The minimum Gasteiger partial charge on any atom is -0.464 e. The van der Waals surface area contributed by atoms with Gasteiger partial charge >= 0.3 is 0 Å². The fourth-order valence-electron chi connectivity index (χ4n) is 1.41. The molecule has 0 aliphatic rings. The summed E-state index contributed by atoms with van der Waals surface area (Å²) in [5.41, 5.74) is 1.11.